The Labute approximate surface area is 157 Å². The zero-order valence-electron chi connectivity index (χ0n) is 16.4. The first-order valence-corrected chi connectivity index (χ1v) is 11.0. The fraction of sp³-hybridized carbons (Fsp3) is 0.750. The smallest absolute Gasteiger partial charge is 0.129 e. The third-order valence-electron chi connectivity index (χ3n) is 8.16. The van der Waals surface area contributed by atoms with Crippen molar-refractivity contribution in [2.24, 2.45) is 29.6 Å². The van der Waals surface area contributed by atoms with Crippen LogP contribution in [0.25, 0.3) is 0 Å². The lowest BCUT2D eigenvalue weighted by Gasteiger charge is -2.45. The summed E-state index contributed by atoms with van der Waals surface area (Å²) in [5.41, 5.74) is 1.05. The second-order valence-corrected chi connectivity index (χ2v) is 9.73. The average molecular weight is 361 g/mol. The topological polar surface area (TPSA) is 0 Å². The minimum atomic E-state index is -0.377. The van der Waals surface area contributed by atoms with E-state index >= 15 is 0 Å². The Morgan fingerprint density at radius 3 is 1.85 bits per heavy atom. The first-order valence-electron chi connectivity index (χ1n) is 11.0. The molecule has 3 saturated carbocycles. The van der Waals surface area contributed by atoms with Crippen LogP contribution in [0.5, 0.6) is 0 Å². The van der Waals surface area contributed by atoms with E-state index in [0.29, 0.717) is 5.92 Å². The largest absolute Gasteiger partial charge is 0.207 e. The SMILES string of the molecule is Cc1c(F)cc(C2CCC3CC(C4CCC(C)CC4)CCC3C2)cc1F. The number of halogens is 2. The van der Waals surface area contributed by atoms with E-state index in [4.69, 9.17) is 0 Å². The molecule has 144 valence electrons. The Kier molecular flexibility index (Phi) is 5.39. The molecule has 0 saturated heterocycles. The lowest BCUT2D eigenvalue weighted by molar-refractivity contribution is 0.0731. The van der Waals surface area contributed by atoms with Crippen LogP contribution in [0.3, 0.4) is 0 Å². The van der Waals surface area contributed by atoms with Gasteiger partial charge in [-0.15, -0.1) is 0 Å². The van der Waals surface area contributed by atoms with E-state index in [2.05, 4.69) is 6.92 Å². The summed E-state index contributed by atoms with van der Waals surface area (Å²) in [5.74, 6) is 4.11. The van der Waals surface area contributed by atoms with Gasteiger partial charge in [-0.3, -0.25) is 0 Å². The van der Waals surface area contributed by atoms with Crippen molar-refractivity contribution in [3.63, 3.8) is 0 Å². The minimum absolute atomic E-state index is 0.157. The highest BCUT2D eigenvalue weighted by molar-refractivity contribution is 5.28. The van der Waals surface area contributed by atoms with Crippen molar-refractivity contribution < 1.29 is 8.78 Å². The summed E-state index contributed by atoms with van der Waals surface area (Å²) in [7, 11) is 0. The van der Waals surface area contributed by atoms with Crippen molar-refractivity contribution in [1.82, 2.24) is 0 Å². The summed E-state index contributed by atoms with van der Waals surface area (Å²) in [6.45, 7) is 3.93. The number of rotatable bonds is 2. The molecule has 0 bridgehead atoms. The molecule has 0 spiro atoms. The third-order valence-corrected chi connectivity index (χ3v) is 8.16. The van der Waals surface area contributed by atoms with Gasteiger partial charge >= 0.3 is 0 Å². The fourth-order valence-corrected chi connectivity index (χ4v) is 6.31. The van der Waals surface area contributed by atoms with Crippen LogP contribution in [0, 0.1) is 48.1 Å². The van der Waals surface area contributed by atoms with E-state index in [9.17, 15) is 8.78 Å². The summed E-state index contributed by atoms with van der Waals surface area (Å²) in [5, 5.41) is 0. The standard InChI is InChI=1S/C24H34F2/c1-15-3-5-17(6-4-15)18-7-8-20-12-21(10-9-19(20)11-18)22-13-23(25)16(2)24(26)14-22/h13-15,17-21H,3-12H2,1-2H3. The average Bonchev–Trinajstić information content (AvgIpc) is 2.65. The van der Waals surface area contributed by atoms with Crippen LogP contribution in [-0.2, 0) is 0 Å². The zero-order chi connectivity index (χ0) is 18.3. The van der Waals surface area contributed by atoms with Gasteiger partial charge in [0.1, 0.15) is 11.6 Å². The lowest BCUT2D eigenvalue weighted by atomic mass is 9.60. The Hall–Kier alpha value is -0.920. The van der Waals surface area contributed by atoms with Gasteiger partial charge in [-0.25, -0.2) is 8.78 Å². The maximum absolute atomic E-state index is 14.0. The van der Waals surface area contributed by atoms with Gasteiger partial charge < -0.3 is 0 Å². The van der Waals surface area contributed by atoms with E-state index in [-0.39, 0.29) is 17.2 Å². The summed E-state index contributed by atoms with van der Waals surface area (Å²) in [4.78, 5) is 0. The first-order chi connectivity index (χ1) is 12.5. The van der Waals surface area contributed by atoms with Crippen molar-refractivity contribution in [2.75, 3.05) is 0 Å². The Balaban J connectivity index is 1.38. The molecular weight excluding hydrogens is 326 g/mol. The van der Waals surface area contributed by atoms with Crippen LogP contribution in [0.1, 0.15) is 88.2 Å². The molecule has 0 aromatic heterocycles. The number of benzene rings is 1. The molecule has 26 heavy (non-hydrogen) atoms. The monoisotopic (exact) mass is 360 g/mol. The van der Waals surface area contributed by atoms with Crippen molar-refractivity contribution in [3.8, 4) is 0 Å². The number of hydrogen-bond donors (Lipinski definition) is 0. The maximum atomic E-state index is 14.0. The van der Waals surface area contributed by atoms with Crippen molar-refractivity contribution in [3.05, 3.63) is 34.9 Å². The minimum Gasteiger partial charge on any atom is -0.207 e. The quantitative estimate of drug-likeness (QED) is 0.515. The highest BCUT2D eigenvalue weighted by atomic mass is 19.1. The predicted octanol–water partition coefficient (Wildman–Crippen LogP) is 7.40. The van der Waals surface area contributed by atoms with Crippen LogP contribution in [-0.4, -0.2) is 0 Å². The molecule has 2 heteroatoms. The van der Waals surface area contributed by atoms with Crippen LogP contribution in [0.4, 0.5) is 8.78 Å². The molecule has 3 aliphatic rings. The highest BCUT2D eigenvalue weighted by Gasteiger charge is 2.39. The van der Waals surface area contributed by atoms with E-state index in [1.165, 1.54) is 58.3 Å². The molecule has 3 aliphatic carbocycles. The normalized spacial score (nSPS) is 38.0. The molecule has 4 unspecified atom stereocenters. The molecule has 1 aromatic carbocycles. The van der Waals surface area contributed by atoms with Crippen LogP contribution < -0.4 is 0 Å². The van der Waals surface area contributed by atoms with Gasteiger partial charge in [-0.05, 0) is 111 Å². The Morgan fingerprint density at radius 2 is 1.19 bits per heavy atom. The van der Waals surface area contributed by atoms with E-state index in [1.54, 1.807) is 12.1 Å². The second-order valence-electron chi connectivity index (χ2n) is 9.73. The van der Waals surface area contributed by atoms with Gasteiger partial charge in [0.25, 0.3) is 0 Å². The van der Waals surface area contributed by atoms with E-state index in [1.807, 2.05) is 0 Å². The molecule has 4 atom stereocenters. The van der Waals surface area contributed by atoms with Crippen molar-refractivity contribution in [1.29, 1.82) is 0 Å². The third kappa shape index (κ3) is 3.71. The van der Waals surface area contributed by atoms with Crippen molar-refractivity contribution >= 4 is 0 Å². The Morgan fingerprint density at radius 1 is 0.692 bits per heavy atom. The molecule has 0 amide bonds. The highest BCUT2D eigenvalue weighted by Crippen LogP contribution is 2.50. The van der Waals surface area contributed by atoms with Gasteiger partial charge in [0.05, 0.1) is 0 Å². The number of fused-ring (bicyclic) bond motifs is 1. The van der Waals surface area contributed by atoms with Crippen LogP contribution in [0.15, 0.2) is 12.1 Å². The molecule has 3 fully saturated rings. The van der Waals surface area contributed by atoms with E-state index in [0.717, 1.165) is 48.0 Å². The molecule has 0 heterocycles. The lowest BCUT2D eigenvalue weighted by Crippen LogP contribution is -2.34. The molecule has 0 N–H and O–H groups in total. The van der Waals surface area contributed by atoms with Gasteiger partial charge in [0.15, 0.2) is 0 Å². The van der Waals surface area contributed by atoms with Crippen LogP contribution >= 0.6 is 0 Å². The van der Waals surface area contributed by atoms with Gasteiger partial charge in [-0.2, -0.15) is 0 Å². The summed E-state index contributed by atoms with van der Waals surface area (Å²) < 4.78 is 27.9. The molecule has 0 aliphatic heterocycles. The maximum Gasteiger partial charge on any atom is 0.129 e. The van der Waals surface area contributed by atoms with Gasteiger partial charge in [0, 0.05) is 5.56 Å². The summed E-state index contributed by atoms with van der Waals surface area (Å²) >= 11 is 0. The van der Waals surface area contributed by atoms with E-state index < -0.39 is 0 Å². The predicted molar refractivity (Wildman–Crippen MR) is 103 cm³/mol. The molecular formula is C24H34F2. The Bertz CT molecular complexity index is 606. The first kappa shape index (κ1) is 18.4. The van der Waals surface area contributed by atoms with Gasteiger partial charge in [0.2, 0.25) is 0 Å². The molecule has 1 aromatic rings. The number of hydrogen-bond acceptors (Lipinski definition) is 0. The second kappa shape index (κ2) is 7.60. The van der Waals surface area contributed by atoms with Gasteiger partial charge in [-0.1, -0.05) is 19.8 Å². The van der Waals surface area contributed by atoms with Crippen molar-refractivity contribution in [2.45, 2.75) is 84.0 Å². The molecule has 4 rings (SSSR count). The fourth-order valence-electron chi connectivity index (χ4n) is 6.31. The molecule has 0 radical (unpaired) electrons. The summed E-state index contributed by atoms with van der Waals surface area (Å²) in [6, 6.07) is 3.19. The van der Waals surface area contributed by atoms with Crippen LogP contribution in [0.2, 0.25) is 0 Å². The molecule has 0 nitrogen and oxygen atoms in total. The summed E-state index contributed by atoms with van der Waals surface area (Å²) in [6.07, 6.45) is 13.4. The zero-order valence-corrected chi connectivity index (χ0v) is 16.4.